The Hall–Kier alpha value is -0.680. The number of ketones is 1. The summed E-state index contributed by atoms with van der Waals surface area (Å²) >= 11 is 3.43. The number of halogens is 1. The average Bonchev–Trinajstić information content (AvgIpc) is 2.53. The Morgan fingerprint density at radius 3 is 2.82 bits per heavy atom. The van der Waals surface area contributed by atoms with Crippen LogP contribution in [-0.2, 0) is 6.54 Å². The topological polar surface area (TPSA) is 38.1 Å². The van der Waals surface area contributed by atoms with E-state index in [1.54, 1.807) is 6.20 Å². The summed E-state index contributed by atoms with van der Waals surface area (Å²) in [5.74, 6) is 0.473. The molecule has 0 N–H and O–H groups in total. The quantitative estimate of drug-likeness (QED) is 0.782. The third-order valence-electron chi connectivity index (χ3n) is 3.26. The number of likely N-dealkylation sites (N-methyl/N-ethyl adjacent to an activating group) is 1. The van der Waals surface area contributed by atoms with Crippen LogP contribution in [0.2, 0.25) is 0 Å². The number of aromatic nitrogens is 2. The van der Waals surface area contributed by atoms with Crippen LogP contribution in [-0.4, -0.2) is 41.1 Å². The van der Waals surface area contributed by atoms with Crippen LogP contribution in [0.15, 0.2) is 10.7 Å². The van der Waals surface area contributed by atoms with Crippen LogP contribution < -0.4 is 0 Å². The van der Waals surface area contributed by atoms with E-state index in [0.717, 1.165) is 36.1 Å². The molecule has 17 heavy (non-hydrogen) atoms. The highest BCUT2D eigenvalue weighted by atomic mass is 79.9. The molecule has 1 saturated carbocycles. The van der Waals surface area contributed by atoms with Crippen molar-refractivity contribution in [2.24, 2.45) is 5.92 Å². The van der Waals surface area contributed by atoms with Crippen LogP contribution in [0.3, 0.4) is 0 Å². The molecule has 4 nitrogen and oxygen atoms in total. The highest BCUT2D eigenvalue weighted by molar-refractivity contribution is 9.10. The molecule has 5 heteroatoms. The maximum absolute atomic E-state index is 12.3. The van der Waals surface area contributed by atoms with Crippen LogP contribution >= 0.6 is 15.9 Å². The Kier molecular flexibility index (Phi) is 3.99. The molecule has 0 saturated heterocycles. The minimum Gasteiger partial charge on any atom is -0.308 e. The predicted octanol–water partition coefficient (Wildman–Crippen LogP) is 2.19. The van der Waals surface area contributed by atoms with Crippen LogP contribution in [0.25, 0.3) is 0 Å². The number of nitrogens with zero attached hydrogens (tertiary/aromatic N) is 3. The van der Waals surface area contributed by atoms with Gasteiger partial charge in [0.15, 0.2) is 5.78 Å². The Balaban J connectivity index is 2.13. The summed E-state index contributed by atoms with van der Waals surface area (Å²) in [4.78, 5) is 14.4. The fourth-order valence-corrected chi connectivity index (χ4v) is 2.43. The standard InChI is InChI=1S/C12H18BrN3O/c1-15(2)6-7-16-11(10(13)8-14-16)12(17)9-4-3-5-9/h8-9H,3-7H2,1-2H3. The van der Waals surface area contributed by atoms with E-state index in [1.807, 2.05) is 18.8 Å². The van der Waals surface area contributed by atoms with E-state index in [4.69, 9.17) is 0 Å². The van der Waals surface area contributed by atoms with Crippen molar-refractivity contribution in [1.82, 2.24) is 14.7 Å². The van der Waals surface area contributed by atoms with Gasteiger partial charge in [-0.3, -0.25) is 9.48 Å². The van der Waals surface area contributed by atoms with Crippen molar-refractivity contribution in [3.8, 4) is 0 Å². The molecule has 0 amide bonds. The van der Waals surface area contributed by atoms with Crippen molar-refractivity contribution >= 4 is 21.7 Å². The van der Waals surface area contributed by atoms with E-state index in [2.05, 4.69) is 25.9 Å². The first-order chi connectivity index (χ1) is 8.09. The maximum Gasteiger partial charge on any atom is 0.185 e. The first-order valence-electron chi connectivity index (χ1n) is 6.00. The monoisotopic (exact) mass is 299 g/mol. The second kappa shape index (κ2) is 5.31. The normalized spacial score (nSPS) is 16.2. The Labute approximate surface area is 110 Å². The lowest BCUT2D eigenvalue weighted by molar-refractivity contribution is 0.0842. The number of rotatable bonds is 5. The molecule has 0 spiro atoms. The highest BCUT2D eigenvalue weighted by Crippen LogP contribution is 2.31. The van der Waals surface area contributed by atoms with Gasteiger partial charge in [0, 0.05) is 12.5 Å². The zero-order chi connectivity index (χ0) is 12.4. The Morgan fingerprint density at radius 2 is 2.29 bits per heavy atom. The number of hydrogen-bond donors (Lipinski definition) is 0. The second-order valence-electron chi connectivity index (χ2n) is 4.86. The van der Waals surface area contributed by atoms with Crippen LogP contribution in [0.4, 0.5) is 0 Å². The van der Waals surface area contributed by atoms with E-state index >= 15 is 0 Å². The van der Waals surface area contributed by atoms with Gasteiger partial charge in [-0.15, -0.1) is 0 Å². The molecule has 1 aliphatic rings. The summed E-state index contributed by atoms with van der Waals surface area (Å²) in [6.45, 7) is 1.64. The maximum atomic E-state index is 12.3. The van der Waals surface area contributed by atoms with Gasteiger partial charge in [0.25, 0.3) is 0 Å². The zero-order valence-corrected chi connectivity index (χ0v) is 11.9. The molecule has 0 unspecified atom stereocenters. The molecule has 1 fully saturated rings. The van der Waals surface area contributed by atoms with Gasteiger partial charge in [0.05, 0.1) is 17.2 Å². The third kappa shape index (κ3) is 2.77. The SMILES string of the molecule is CN(C)CCn1ncc(Br)c1C(=O)C1CCC1. The molecule has 1 heterocycles. The van der Waals surface area contributed by atoms with Crippen molar-refractivity contribution in [2.75, 3.05) is 20.6 Å². The minimum absolute atomic E-state index is 0.223. The second-order valence-corrected chi connectivity index (χ2v) is 5.71. The molecule has 0 aromatic carbocycles. The number of carbonyl (C=O) groups excluding carboxylic acids is 1. The van der Waals surface area contributed by atoms with Crippen molar-refractivity contribution in [3.63, 3.8) is 0 Å². The van der Waals surface area contributed by atoms with E-state index in [9.17, 15) is 4.79 Å². The average molecular weight is 300 g/mol. The van der Waals surface area contributed by atoms with Gasteiger partial charge in [-0.25, -0.2) is 0 Å². The van der Waals surface area contributed by atoms with E-state index in [0.29, 0.717) is 0 Å². The van der Waals surface area contributed by atoms with Gasteiger partial charge in [-0.2, -0.15) is 5.10 Å². The molecule has 1 aromatic rings. The highest BCUT2D eigenvalue weighted by Gasteiger charge is 2.30. The molecular weight excluding hydrogens is 282 g/mol. The number of carbonyl (C=O) groups is 1. The minimum atomic E-state index is 0.223. The van der Waals surface area contributed by atoms with Crippen LogP contribution in [0.5, 0.6) is 0 Å². The van der Waals surface area contributed by atoms with E-state index < -0.39 is 0 Å². The molecular formula is C12H18BrN3O. The number of hydrogen-bond acceptors (Lipinski definition) is 3. The van der Waals surface area contributed by atoms with Crippen LogP contribution in [0.1, 0.15) is 29.8 Å². The first kappa shape index (κ1) is 12.8. The predicted molar refractivity (Wildman–Crippen MR) is 70.2 cm³/mol. The largest absolute Gasteiger partial charge is 0.308 e. The summed E-state index contributed by atoms with van der Waals surface area (Å²) in [5.41, 5.74) is 0.747. The molecule has 0 atom stereocenters. The van der Waals surface area contributed by atoms with Gasteiger partial charge in [0.1, 0.15) is 5.69 Å². The fraction of sp³-hybridized carbons (Fsp3) is 0.667. The van der Waals surface area contributed by atoms with Crippen molar-refractivity contribution in [2.45, 2.75) is 25.8 Å². The lowest BCUT2D eigenvalue weighted by Crippen LogP contribution is -2.27. The van der Waals surface area contributed by atoms with Crippen molar-refractivity contribution < 1.29 is 4.79 Å². The van der Waals surface area contributed by atoms with Crippen molar-refractivity contribution in [3.05, 3.63) is 16.4 Å². The lowest BCUT2D eigenvalue weighted by atomic mass is 9.81. The van der Waals surface area contributed by atoms with Crippen LogP contribution in [0, 0.1) is 5.92 Å². The van der Waals surface area contributed by atoms with Gasteiger partial charge >= 0.3 is 0 Å². The summed E-state index contributed by atoms with van der Waals surface area (Å²) in [6, 6.07) is 0. The van der Waals surface area contributed by atoms with E-state index in [-0.39, 0.29) is 11.7 Å². The van der Waals surface area contributed by atoms with Gasteiger partial charge in [-0.05, 0) is 42.9 Å². The molecule has 1 aromatic heterocycles. The van der Waals surface area contributed by atoms with Gasteiger partial charge in [-0.1, -0.05) is 6.42 Å². The first-order valence-corrected chi connectivity index (χ1v) is 6.79. The summed E-state index contributed by atoms with van der Waals surface area (Å²) < 4.78 is 2.65. The van der Waals surface area contributed by atoms with E-state index in [1.165, 1.54) is 6.42 Å². The summed E-state index contributed by atoms with van der Waals surface area (Å²) in [7, 11) is 4.04. The Morgan fingerprint density at radius 1 is 1.59 bits per heavy atom. The molecule has 1 aliphatic carbocycles. The Bertz CT molecular complexity index is 410. The molecule has 0 bridgehead atoms. The molecule has 0 radical (unpaired) electrons. The summed E-state index contributed by atoms with van der Waals surface area (Å²) in [6.07, 6.45) is 4.97. The molecule has 0 aliphatic heterocycles. The molecule has 2 rings (SSSR count). The smallest absolute Gasteiger partial charge is 0.185 e. The third-order valence-corrected chi connectivity index (χ3v) is 3.84. The van der Waals surface area contributed by atoms with Crippen molar-refractivity contribution in [1.29, 1.82) is 0 Å². The fourth-order valence-electron chi connectivity index (χ4n) is 1.94. The van der Waals surface area contributed by atoms with Gasteiger partial charge < -0.3 is 4.90 Å². The summed E-state index contributed by atoms with van der Waals surface area (Å²) in [5, 5.41) is 4.27. The zero-order valence-electron chi connectivity index (χ0n) is 10.3. The molecule has 94 valence electrons. The van der Waals surface area contributed by atoms with Gasteiger partial charge in [0.2, 0.25) is 0 Å². The number of Topliss-reactive ketones (excluding diaryl/α,β-unsaturated/α-hetero) is 1. The lowest BCUT2D eigenvalue weighted by Gasteiger charge is -2.24.